The van der Waals surface area contributed by atoms with Crippen LogP contribution in [0.4, 0.5) is 5.69 Å². The van der Waals surface area contributed by atoms with Gasteiger partial charge in [0, 0.05) is 23.5 Å². The molecule has 0 bridgehead atoms. The second-order valence-corrected chi connectivity index (χ2v) is 6.87. The maximum atomic E-state index is 12.4. The zero-order chi connectivity index (χ0) is 16.8. The fourth-order valence-electron chi connectivity index (χ4n) is 2.76. The molecule has 5 heteroatoms. The molecule has 24 heavy (non-hydrogen) atoms. The highest BCUT2D eigenvalue weighted by Gasteiger charge is 2.29. The number of rotatable bonds is 6. The molecular formula is C19H20N2O2S. The molecule has 3 rings (SSSR count). The fraction of sp³-hybridized carbons (Fsp3) is 0.263. The summed E-state index contributed by atoms with van der Waals surface area (Å²) in [6, 6.07) is 17.7. The monoisotopic (exact) mass is 340 g/mol. The topological polar surface area (TPSA) is 58.2 Å². The maximum Gasteiger partial charge on any atom is 0.228 e. The van der Waals surface area contributed by atoms with E-state index in [1.54, 1.807) is 11.8 Å². The van der Waals surface area contributed by atoms with E-state index in [0.717, 1.165) is 23.4 Å². The SMILES string of the molecule is O=C1CC(C(=O)NCCCSc2ccccc2)c2ccccc2N1. The highest BCUT2D eigenvalue weighted by molar-refractivity contribution is 7.99. The average molecular weight is 340 g/mol. The molecule has 2 aromatic rings. The van der Waals surface area contributed by atoms with Crippen molar-refractivity contribution in [2.75, 3.05) is 17.6 Å². The van der Waals surface area contributed by atoms with Crippen LogP contribution < -0.4 is 10.6 Å². The van der Waals surface area contributed by atoms with Gasteiger partial charge in [-0.3, -0.25) is 9.59 Å². The van der Waals surface area contributed by atoms with Crippen molar-refractivity contribution in [2.24, 2.45) is 0 Å². The minimum Gasteiger partial charge on any atom is -0.356 e. The molecule has 2 aromatic carbocycles. The van der Waals surface area contributed by atoms with E-state index in [0.29, 0.717) is 6.54 Å². The number of anilines is 1. The Balaban J connectivity index is 1.48. The highest BCUT2D eigenvalue weighted by Crippen LogP contribution is 2.31. The summed E-state index contributed by atoms with van der Waals surface area (Å²) in [6.07, 6.45) is 1.10. The molecule has 0 aromatic heterocycles. The first-order chi connectivity index (χ1) is 11.7. The lowest BCUT2D eigenvalue weighted by molar-refractivity contribution is -0.126. The van der Waals surface area contributed by atoms with Crippen LogP contribution in [-0.2, 0) is 9.59 Å². The zero-order valence-electron chi connectivity index (χ0n) is 13.3. The van der Waals surface area contributed by atoms with E-state index >= 15 is 0 Å². The molecule has 1 aliphatic heterocycles. The number of para-hydroxylation sites is 1. The van der Waals surface area contributed by atoms with Crippen molar-refractivity contribution >= 4 is 29.3 Å². The van der Waals surface area contributed by atoms with E-state index in [1.807, 2.05) is 42.5 Å². The van der Waals surface area contributed by atoms with Crippen LogP contribution >= 0.6 is 11.8 Å². The molecular weight excluding hydrogens is 320 g/mol. The number of hydrogen-bond acceptors (Lipinski definition) is 3. The van der Waals surface area contributed by atoms with Gasteiger partial charge in [-0.15, -0.1) is 11.8 Å². The Morgan fingerprint density at radius 3 is 2.71 bits per heavy atom. The molecule has 4 nitrogen and oxygen atoms in total. The number of carbonyl (C=O) groups excluding carboxylic acids is 2. The van der Waals surface area contributed by atoms with Crippen molar-refractivity contribution in [1.29, 1.82) is 0 Å². The summed E-state index contributed by atoms with van der Waals surface area (Å²) in [5.41, 5.74) is 1.64. The molecule has 1 atom stereocenters. The van der Waals surface area contributed by atoms with Gasteiger partial charge in [-0.25, -0.2) is 0 Å². The first-order valence-corrected chi connectivity index (χ1v) is 9.07. The summed E-state index contributed by atoms with van der Waals surface area (Å²) in [4.78, 5) is 25.5. The zero-order valence-corrected chi connectivity index (χ0v) is 14.1. The third-order valence-electron chi connectivity index (χ3n) is 3.95. The molecule has 1 heterocycles. The molecule has 0 fully saturated rings. The molecule has 0 saturated carbocycles. The second-order valence-electron chi connectivity index (χ2n) is 5.70. The van der Waals surface area contributed by atoms with E-state index in [1.165, 1.54) is 4.90 Å². The molecule has 0 saturated heterocycles. The first-order valence-electron chi connectivity index (χ1n) is 8.08. The summed E-state index contributed by atoms with van der Waals surface area (Å²) in [7, 11) is 0. The van der Waals surface area contributed by atoms with Crippen molar-refractivity contribution < 1.29 is 9.59 Å². The van der Waals surface area contributed by atoms with Gasteiger partial charge in [-0.1, -0.05) is 36.4 Å². The van der Waals surface area contributed by atoms with E-state index < -0.39 is 5.92 Å². The number of benzene rings is 2. The third-order valence-corrected chi connectivity index (χ3v) is 5.05. The summed E-state index contributed by atoms with van der Waals surface area (Å²) < 4.78 is 0. The van der Waals surface area contributed by atoms with Gasteiger partial charge in [0.2, 0.25) is 11.8 Å². The minimum absolute atomic E-state index is 0.0676. The Morgan fingerprint density at radius 1 is 1.12 bits per heavy atom. The number of carbonyl (C=O) groups is 2. The second kappa shape index (κ2) is 8.02. The molecule has 1 aliphatic rings. The Hall–Kier alpha value is -2.27. The molecule has 2 amide bonds. The van der Waals surface area contributed by atoms with Gasteiger partial charge in [-0.05, 0) is 35.9 Å². The molecule has 2 N–H and O–H groups in total. The maximum absolute atomic E-state index is 12.4. The van der Waals surface area contributed by atoms with Crippen molar-refractivity contribution in [3.05, 3.63) is 60.2 Å². The average Bonchev–Trinajstić information content (AvgIpc) is 2.61. The molecule has 124 valence electrons. The van der Waals surface area contributed by atoms with Gasteiger partial charge < -0.3 is 10.6 Å². The smallest absolute Gasteiger partial charge is 0.228 e. The lowest BCUT2D eigenvalue weighted by Gasteiger charge is -2.24. The summed E-state index contributed by atoms with van der Waals surface area (Å²) in [6.45, 7) is 0.624. The van der Waals surface area contributed by atoms with Crippen LogP contribution in [0.3, 0.4) is 0 Å². The number of thioether (sulfide) groups is 1. The lowest BCUT2D eigenvalue weighted by Crippen LogP contribution is -2.35. The van der Waals surface area contributed by atoms with Crippen LogP contribution in [0, 0.1) is 0 Å². The predicted molar refractivity (Wildman–Crippen MR) is 97.2 cm³/mol. The summed E-state index contributed by atoms with van der Waals surface area (Å²) >= 11 is 1.78. The van der Waals surface area contributed by atoms with Gasteiger partial charge in [0.1, 0.15) is 0 Å². The Kier molecular flexibility index (Phi) is 5.54. The van der Waals surface area contributed by atoms with Crippen molar-refractivity contribution in [1.82, 2.24) is 5.32 Å². The van der Waals surface area contributed by atoms with Crippen molar-refractivity contribution in [3.63, 3.8) is 0 Å². The number of amides is 2. The van der Waals surface area contributed by atoms with Gasteiger partial charge in [0.25, 0.3) is 0 Å². The van der Waals surface area contributed by atoms with Gasteiger partial charge in [0.15, 0.2) is 0 Å². The van der Waals surface area contributed by atoms with Crippen LogP contribution in [0.5, 0.6) is 0 Å². The van der Waals surface area contributed by atoms with E-state index in [-0.39, 0.29) is 18.2 Å². The minimum atomic E-state index is -0.392. The van der Waals surface area contributed by atoms with E-state index in [9.17, 15) is 9.59 Å². The summed E-state index contributed by atoms with van der Waals surface area (Å²) in [5, 5.41) is 5.78. The highest BCUT2D eigenvalue weighted by atomic mass is 32.2. The van der Waals surface area contributed by atoms with Crippen LogP contribution in [0.25, 0.3) is 0 Å². The van der Waals surface area contributed by atoms with E-state index in [2.05, 4.69) is 22.8 Å². The standard InChI is InChI=1S/C19H20N2O2S/c22-18-13-16(15-9-4-5-10-17(15)21-18)19(23)20-11-6-12-24-14-7-2-1-3-8-14/h1-5,7-10,16H,6,11-13H2,(H,20,23)(H,21,22). The van der Waals surface area contributed by atoms with Gasteiger partial charge in [0.05, 0.1) is 5.92 Å². The number of nitrogens with one attached hydrogen (secondary N) is 2. The molecule has 1 unspecified atom stereocenters. The Bertz CT molecular complexity index is 718. The quantitative estimate of drug-likeness (QED) is 0.626. The number of fused-ring (bicyclic) bond motifs is 1. The van der Waals surface area contributed by atoms with Crippen LogP contribution in [0.1, 0.15) is 24.3 Å². The summed E-state index contributed by atoms with van der Waals surface area (Å²) in [5.74, 6) is 0.388. The largest absolute Gasteiger partial charge is 0.356 e. The Morgan fingerprint density at radius 2 is 1.88 bits per heavy atom. The Labute approximate surface area is 146 Å². The van der Waals surface area contributed by atoms with Crippen LogP contribution in [0.15, 0.2) is 59.5 Å². The lowest BCUT2D eigenvalue weighted by atomic mass is 9.90. The van der Waals surface area contributed by atoms with Crippen LogP contribution in [-0.4, -0.2) is 24.1 Å². The normalized spacial score (nSPS) is 16.2. The van der Waals surface area contributed by atoms with Crippen LogP contribution in [0.2, 0.25) is 0 Å². The van der Waals surface area contributed by atoms with Crippen molar-refractivity contribution in [2.45, 2.75) is 23.7 Å². The fourth-order valence-corrected chi connectivity index (χ4v) is 3.63. The van der Waals surface area contributed by atoms with Crippen molar-refractivity contribution in [3.8, 4) is 0 Å². The molecule has 0 spiro atoms. The van der Waals surface area contributed by atoms with Gasteiger partial charge >= 0.3 is 0 Å². The molecule has 0 radical (unpaired) electrons. The molecule has 0 aliphatic carbocycles. The van der Waals surface area contributed by atoms with Gasteiger partial charge in [-0.2, -0.15) is 0 Å². The van der Waals surface area contributed by atoms with E-state index in [4.69, 9.17) is 0 Å². The third kappa shape index (κ3) is 4.17. The predicted octanol–water partition coefficient (Wildman–Crippen LogP) is 3.41. The first kappa shape index (κ1) is 16.6. The number of hydrogen-bond donors (Lipinski definition) is 2.